The maximum Gasteiger partial charge on any atom is 0.304 e. The van der Waals surface area contributed by atoms with Crippen LogP contribution in [0.3, 0.4) is 0 Å². The molecule has 0 fully saturated rings. The number of hydrogen-bond donors (Lipinski definition) is 0. The van der Waals surface area contributed by atoms with E-state index in [0.29, 0.717) is 25.0 Å². The zero-order chi connectivity index (χ0) is 16.8. The second-order valence-corrected chi connectivity index (χ2v) is 6.55. The first kappa shape index (κ1) is 17.5. The van der Waals surface area contributed by atoms with Gasteiger partial charge in [-0.2, -0.15) is 4.98 Å². The lowest BCUT2D eigenvalue weighted by molar-refractivity contribution is 0.0887. The van der Waals surface area contributed by atoms with Crippen molar-refractivity contribution in [3.8, 4) is 6.01 Å². The van der Waals surface area contributed by atoms with Gasteiger partial charge in [-0.3, -0.25) is 4.79 Å². The molecule has 0 unspecified atom stereocenters. The second-order valence-electron chi connectivity index (χ2n) is 6.55. The zero-order valence-electron chi connectivity index (χ0n) is 14.6. The number of rotatable bonds is 8. The van der Waals surface area contributed by atoms with Gasteiger partial charge >= 0.3 is 6.01 Å². The quantitative estimate of drug-likeness (QED) is 0.748. The summed E-state index contributed by atoms with van der Waals surface area (Å²) in [6, 6.07) is 8.08. The minimum Gasteiger partial charge on any atom is -0.463 e. The number of benzene rings is 1. The number of carbonyl (C=O) groups is 1. The SMILES string of the molecule is CC(C)CCCC(=O)n1c(OCCN(C)C)nc2ccccc21. The average Bonchev–Trinajstić information content (AvgIpc) is 2.84. The molecule has 5 nitrogen and oxygen atoms in total. The van der Waals surface area contributed by atoms with Gasteiger partial charge in [0.1, 0.15) is 6.61 Å². The van der Waals surface area contributed by atoms with Crippen LogP contribution >= 0.6 is 0 Å². The molecule has 1 heterocycles. The molecule has 0 amide bonds. The van der Waals surface area contributed by atoms with Crippen LogP contribution in [0.1, 0.15) is 37.9 Å². The van der Waals surface area contributed by atoms with Crippen molar-refractivity contribution in [3.63, 3.8) is 0 Å². The molecule has 0 radical (unpaired) electrons. The van der Waals surface area contributed by atoms with E-state index >= 15 is 0 Å². The van der Waals surface area contributed by atoms with Gasteiger partial charge in [0, 0.05) is 13.0 Å². The predicted octanol–water partition coefficient (Wildman–Crippen LogP) is 3.44. The molecule has 5 heteroatoms. The van der Waals surface area contributed by atoms with Crippen LogP contribution in [0.25, 0.3) is 11.0 Å². The number of imidazole rings is 1. The summed E-state index contributed by atoms with van der Waals surface area (Å²) in [6.45, 7) is 5.64. The largest absolute Gasteiger partial charge is 0.463 e. The van der Waals surface area contributed by atoms with Gasteiger partial charge in [-0.05, 0) is 38.6 Å². The lowest BCUT2D eigenvalue weighted by Gasteiger charge is -2.12. The summed E-state index contributed by atoms with van der Waals surface area (Å²) >= 11 is 0. The number of ether oxygens (including phenoxy) is 1. The minimum atomic E-state index is 0.0548. The molecule has 23 heavy (non-hydrogen) atoms. The van der Waals surface area contributed by atoms with Crippen molar-refractivity contribution in [2.45, 2.75) is 33.1 Å². The minimum absolute atomic E-state index is 0.0548. The summed E-state index contributed by atoms with van der Waals surface area (Å²) in [7, 11) is 3.98. The van der Waals surface area contributed by atoms with E-state index in [2.05, 4.69) is 18.8 Å². The molecular formula is C18H27N3O2. The van der Waals surface area contributed by atoms with Crippen molar-refractivity contribution >= 4 is 16.9 Å². The van der Waals surface area contributed by atoms with Gasteiger partial charge in [-0.15, -0.1) is 0 Å². The molecule has 0 bridgehead atoms. The number of carbonyl (C=O) groups excluding carboxylic acids is 1. The van der Waals surface area contributed by atoms with Crippen LogP contribution in [0, 0.1) is 5.92 Å². The summed E-state index contributed by atoms with van der Waals surface area (Å²) in [5.74, 6) is 0.664. The Hall–Kier alpha value is -1.88. The number of likely N-dealkylation sites (N-methyl/N-ethyl adjacent to an activating group) is 1. The molecule has 0 N–H and O–H groups in total. The lowest BCUT2D eigenvalue weighted by Crippen LogP contribution is -2.21. The number of fused-ring (bicyclic) bond motifs is 1. The van der Waals surface area contributed by atoms with Crippen LogP contribution in [0.4, 0.5) is 0 Å². The molecule has 0 aliphatic rings. The zero-order valence-corrected chi connectivity index (χ0v) is 14.6. The van der Waals surface area contributed by atoms with Gasteiger partial charge in [-0.1, -0.05) is 32.4 Å². The van der Waals surface area contributed by atoms with Crippen LogP contribution in [0.5, 0.6) is 6.01 Å². The monoisotopic (exact) mass is 317 g/mol. The smallest absolute Gasteiger partial charge is 0.304 e. The fourth-order valence-corrected chi connectivity index (χ4v) is 2.43. The first-order valence-electron chi connectivity index (χ1n) is 8.27. The Morgan fingerprint density at radius 3 is 2.74 bits per heavy atom. The van der Waals surface area contributed by atoms with Crippen LogP contribution in [0.2, 0.25) is 0 Å². The fourth-order valence-electron chi connectivity index (χ4n) is 2.43. The van der Waals surface area contributed by atoms with Crippen molar-refractivity contribution < 1.29 is 9.53 Å². The van der Waals surface area contributed by atoms with Crippen LogP contribution in [-0.2, 0) is 0 Å². The molecule has 0 spiro atoms. The molecule has 126 valence electrons. The van der Waals surface area contributed by atoms with Gasteiger partial charge in [0.05, 0.1) is 11.0 Å². The van der Waals surface area contributed by atoms with E-state index in [1.165, 1.54) is 0 Å². The molecule has 2 aromatic rings. The topological polar surface area (TPSA) is 47.4 Å². The van der Waals surface area contributed by atoms with Gasteiger partial charge in [-0.25, -0.2) is 4.57 Å². The van der Waals surface area contributed by atoms with Gasteiger partial charge < -0.3 is 9.64 Å². The molecule has 0 aliphatic carbocycles. The first-order valence-corrected chi connectivity index (χ1v) is 8.27. The van der Waals surface area contributed by atoms with Crippen molar-refractivity contribution in [2.24, 2.45) is 5.92 Å². The van der Waals surface area contributed by atoms with E-state index < -0.39 is 0 Å². The Kier molecular flexibility index (Phi) is 6.16. The van der Waals surface area contributed by atoms with E-state index in [1.54, 1.807) is 4.57 Å². The summed E-state index contributed by atoms with van der Waals surface area (Å²) in [5.41, 5.74) is 1.62. The van der Waals surface area contributed by atoms with Crippen LogP contribution in [-0.4, -0.2) is 47.6 Å². The first-order chi connectivity index (χ1) is 11.0. The Labute approximate surface area is 138 Å². The number of aromatic nitrogens is 2. The van der Waals surface area contributed by atoms with E-state index in [4.69, 9.17) is 4.74 Å². The molecule has 2 rings (SSSR count). The summed E-state index contributed by atoms with van der Waals surface area (Å²) in [5, 5.41) is 0. The molecule has 0 aliphatic heterocycles. The van der Waals surface area contributed by atoms with Crippen molar-refractivity contribution in [3.05, 3.63) is 24.3 Å². The third kappa shape index (κ3) is 4.79. The highest BCUT2D eigenvalue weighted by atomic mass is 16.5. The summed E-state index contributed by atoms with van der Waals surface area (Å²) in [6.07, 6.45) is 2.46. The molecular weight excluding hydrogens is 290 g/mol. The van der Waals surface area contributed by atoms with Crippen LogP contribution in [0.15, 0.2) is 24.3 Å². The second kappa shape index (κ2) is 8.11. The Morgan fingerprint density at radius 1 is 1.30 bits per heavy atom. The highest BCUT2D eigenvalue weighted by molar-refractivity contribution is 5.91. The predicted molar refractivity (Wildman–Crippen MR) is 93.1 cm³/mol. The van der Waals surface area contributed by atoms with Gasteiger partial charge in [0.15, 0.2) is 0 Å². The number of hydrogen-bond acceptors (Lipinski definition) is 4. The summed E-state index contributed by atoms with van der Waals surface area (Å²) in [4.78, 5) is 19.2. The van der Waals surface area contributed by atoms with E-state index in [1.807, 2.05) is 43.3 Å². The van der Waals surface area contributed by atoms with E-state index in [-0.39, 0.29) is 5.91 Å². The number of nitrogens with zero attached hydrogens (tertiary/aromatic N) is 3. The Morgan fingerprint density at radius 2 is 2.04 bits per heavy atom. The highest BCUT2D eigenvalue weighted by Crippen LogP contribution is 2.22. The van der Waals surface area contributed by atoms with Crippen molar-refractivity contribution in [2.75, 3.05) is 27.2 Å². The lowest BCUT2D eigenvalue weighted by atomic mass is 10.1. The molecule has 0 saturated heterocycles. The number of para-hydroxylation sites is 2. The Bertz CT molecular complexity index is 647. The molecule has 0 atom stereocenters. The third-order valence-corrected chi connectivity index (χ3v) is 3.72. The fraction of sp³-hybridized carbons (Fsp3) is 0.556. The maximum absolute atomic E-state index is 12.7. The van der Waals surface area contributed by atoms with Gasteiger partial charge in [0.25, 0.3) is 0 Å². The highest BCUT2D eigenvalue weighted by Gasteiger charge is 2.17. The maximum atomic E-state index is 12.7. The van der Waals surface area contributed by atoms with Crippen LogP contribution < -0.4 is 4.74 Å². The standard InChI is InChI=1S/C18H27N3O2/c1-14(2)8-7-11-17(22)21-16-10-6-5-9-15(16)19-18(21)23-13-12-20(3)4/h5-6,9-10,14H,7-8,11-13H2,1-4H3. The molecule has 1 aromatic heterocycles. The van der Waals surface area contributed by atoms with E-state index in [0.717, 1.165) is 30.4 Å². The van der Waals surface area contributed by atoms with Crippen molar-refractivity contribution in [1.29, 1.82) is 0 Å². The Balaban J connectivity index is 2.18. The van der Waals surface area contributed by atoms with Crippen molar-refractivity contribution in [1.82, 2.24) is 14.5 Å². The third-order valence-electron chi connectivity index (χ3n) is 3.72. The molecule has 0 saturated carbocycles. The van der Waals surface area contributed by atoms with E-state index in [9.17, 15) is 4.79 Å². The normalized spacial score (nSPS) is 11.6. The van der Waals surface area contributed by atoms with Gasteiger partial charge in [0.2, 0.25) is 5.91 Å². The average molecular weight is 317 g/mol. The summed E-state index contributed by atoms with van der Waals surface area (Å²) < 4.78 is 7.40. The molecule has 1 aromatic carbocycles.